The molecule has 1 aromatic carbocycles. The Morgan fingerprint density at radius 3 is 2.67 bits per heavy atom. The van der Waals surface area contributed by atoms with E-state index in [4.69, 9.17) is 16.3 Å². The minimum atomic E-state index is -1.32. The van der Waals surface area contributed by atoms with Crippen molar-refractivity contribution in [1.82, 2.24) is 0 Å². The summed E-state index contributed by atoms with van der Waals surface area (Å²) in [6, 6.07) is 4.48. The fraction of sp³-hybridized carbons (Fsp3) is 0.385. The Balaban J connectivity index is 3.01. The number of carbonyl (C=O) groups is 2. The van der Waals surface area contributed by atoms with E-state index in [2.05, 4.69) is 0 Å². The molecule has 0 bridgehead atoms. The first kappa shape index (κ1) is 14.5. The normalized spacial score (nSPS) is 13.7. The van der Waals surface area contributed by atoms with Gasteiger partial charge in [-0.15, -0.1) is 0 Å². The van der Waals surface area contributed by atoms with Crippen LogP contribution in [0.4, 0.5) is 0 Å². The molecular weight excluding hydrogens is 256 g/mol. The van der Waals surface area contributed by atoms with Crippen LogP contribution in [-0.4, -0.2) is 23.0 Å². The monoisotopic (exact) mass is 270 g/mol. The Hall–Kier alpha value is -1.55. The van der Waals surface area contributed by atoms with Crippen molar-refractivity contribution in [3.05, 3.63) is 28.8 Å². The number of carboxylic acids is 1. The maximum atomic E-state index is 11.2. The number of rotatable bonds is 6. The molecule has 1 unspecified atom stereocenters. The van der Waals surface area contributed by atoms with Gasteiger partial charge in [0.15, 0.2) is 0 Å². The van der Waals surface area contributed by atoms with Crippen LogP contribution in [0.2, 0.25) is 5.02 Å². The molecule has 0 saturated heterocycles. The molecule has 0 aromatic heterocycles. The molecule has 0 spiro atoms. The largest absolute Gasteiger partial charge is 0.478 e. The molecule has 98 valence electrons. The molecule has 0 amide bonds. The maximum Gasteiger partial charge on any atom is 0.347 e. The molecule has 0 aliphatic rings. The van der Waals surface area contributed by atoms with Gasteiger partial charge in [-0.1, -0.05) is 24.9 Å². The van der Waals surface area contributed by atoms with E-state index in [-0.39, 0.29) is 10.8 Å². The fourth-order valence-corrected chi connectivity index (χ4v) is 1.82. The van der Waals surface area contributed by atoms with Gasteiger partial charge in [-0.05, 0) is 31.5 Å². The Kier molecular flexibility index (Phi) is 4.73. The topological polar surface area (TPSA) is 63.6 Å². The predicted octanol–water partition coefficient (Wildman–Crippen LogP) is 3.17. The Morgan fingerprint density at radius 2 is 2.22 bits per heavy atom. The number of carbonyl (C=O) groups excluding carboxylic acids is 1. The molecule has 0 saturated carbocycles. The summed E-state index contributed by atoms with van der Waals surface area (Å²) in [4.78, 5) is 21.8. The van der Waals surface area contributed by atoms with Gasteiger partial charge in [0.1, 0.15) is 12.0 Å². The van der Waals surface area contributed by atoms with Gasteiger partial charge in [-0.25, -0.2) is 4.79 Å². The van der Waals surface area contributed by atoms with Gasteiger partial charge in [0.2, 0.25) is 5.60 Å². The molecule has 0 heterocycles. The van der Waals surface area contributed by atoms with Crippen molar-refractivity contribution in [3.63, 3.8) is 0 Å². The zero-order valence-electron chi connectivity index (χ0n) is 10.3. The van der Waals surface area contributed by atoms with E-state index < -0.39 is 11.6 Å². The summed E-state index contributed by atoms with van der Waals surface area (Å²) in [5.41, 5.74) is -0.902. The van der Waals surface area contributed by atoms with Crippen LogP contribution in [0, 0.1) is 0 Å². The zero-order chi connectivity index (χ0) is 13.8. The molecular formula is C13H15ClO4. The van der Waals surface area contributed by atoms with Crippen LogP contribution >= 0.6 is 11.6 Å². The molecule has 1 rings (SSSR count). The second kappa shape index (κ2) is 5.87. The van der Waals surface area contributed by atoms with E-state index >= 15 is 0 Å². The molecule has 0 fully saturated rings. The van der Waals surface area contributed by atoms with E-state index in [0.29, 0.717) is 24.7 Å². The van der Waals surface area contributed by atoms with Gasteiger partial charge in [0, 0.05) is 5.56 Å². The summed E-state index contributed by atoms with van der Waals surface area (Å²) in [6.07, 6.45) is 1.71. The van der Waals surface area contributed by atoms with Crippen molar-refractivity contribution in [2.24, 2.45) is 0 Å². The van der Waals surface area contributed by atoms with Crippen LogP contribution in [0.15, 0.2) is 18.2 Å². The van der Waals surface area contributed by atoms with E-state index in [1.54, 1.807) is 0 Å². The highest BCUT2D eigenvalue weighted by Crippen LogP contribution is 2.30. The minimum absolute atomic E-state index is 0.225. The minimum Gasteiger partial charge on any atom is -0.478 e. The number of benzene rings is 1. The first-order valence-electron chi connectivity index (χ1n) is 5.60. The first-order chi connectivity index (χ1) is 8.42. The average Bonchev–Trinajstić information content (AvgIpc) is 2.32. The highest BCUT2D eigenvalue weighted by molar-refractivity contribution is 6.32. The number of aliphatic carboxylic acids is 1. The predicted molar refractivity (Wildman–Crippen MR) is 68.4 cm³/mol. The fourth-order valence-electron chi connectivity index (χ4n) is 1.59. The van der Waals surface area contributed by atoms with Gasteiger partial charge in [0.25, 0.3) is 0 Å². The molecule has 0 aliphatic heterocycles. The third-order valence-electron chi connectivity index (χ3n) is 2.61. The molecule has 1 atom stereocenters. The lowest BCUT2D eigenvalue weighted by atomic mass is 10.0. The van der Waals surface area contributed by atoms with Crippen molar-refractivity contribution in [2.45, 2.75) is 32.3 Å². The lowest BCUT2D eigenvalue weighted by molar-refractivity contribution is -0.154. The quantitative estimate of drug-likeness (QED) is 0.807. The third kappa shape index (κ3) is 3.23. The van der Waals surface area contributed by atoms with Crippen molar-refractivity contribution in [2.75, 3.05) is 0 Å². The number of aldehydes is 1. The molecule has 18 heavy (non-hydrogen) atoms. The maximum absolute atomic E-state index is 11.2. The van der Waals surface area contributed by atoms with E-state index in [1.165, 1.54) is 25.1 Å². The highest BCUT2D eigenvalue weighted by Gasteiger charge is 2.35. The summed E-state index contributed by atoms with van der Waals surface area (Å²) in [5, 5.41) is 9.42. The third-order valence-corrected chi connectivity index (χ3v) is 2.90. The SMILES string of the molecule is CCCC(C)(Oc1ccc(C=O)cc1Cl)C(=O)O. The Bertz CT molecular complexity index is 458. The summed E-state index contributed by atoms with van der Waals surface area (Å²) >= 11 is 5.94. The summed E-state index contributed by atoms with van der Waals surface area (Å²) in [5.74, 6) is -0.777. The Labute approximate surface area is 111 Å². The zero-order valence-corrected chi connectivity index (χ0v) is 11.0. The van der Waals surface area contributed by atoms with Crippen molar-refractivity contribution in [1.29, 1.82) is 0 Å². The molecule has 5 heteroatoms. The van der Waals surface area contributed by atoms with Crippen LogP contribution in [0.3, 0.4) is 0 Å². The van der Waals surface area contributed by atoms with Crippen molar-refractivity contribution < 1.29 is 19.4 Å². The first-order valence-corrected chi connectivity index (χ1v) is 5.98. The molecule has 1 N–H and O–H groups in total. The highest BCUT2D eigenvalue weighted by atomic mass is 35.5. The van der Waals surface area contributed by atoms with Crippen LogP contribution in [0.1, 0.15) is 37.0 Å². The number of hydrogen-bond acceptors (Lipinski definition) is 3. The van der Waals surface area contributed by atoms with Gasteiger partial charge in [-0.3, -0.25) is 4.79 Å². The van der Waals surface area contributed by atoms with Crippen molar-refractivity contribution >= 4 is 23.9 Å². The molecule has 0 aliphatic carbocycles. The second-order valence-corrected chi connectivity index (χ2v) is 4.60. The van der Waals surface area contributed by atoms with Crippen molar-refractivity contribution in [3.8, 4) is 5.75 Å². The number of hydrogen-bond donors (Lipinski definition) is 1. The van der Waals surface area contributed by atoms with E-state index in [1.807, 2.05) is 6.92 Å². The van der Waals surface area contributed by atoms with Crippen LogP contribution in [0.25, 0.3) is 0 Å². The average molecular weight is 271 g/mol. The standard InChI is InChI=1S/C13H15ClO4/c1-3-6-13(2,12(16)17)18-11-5-4-9(8-15)7-10(11)14/h4-5,7-8H,3,6H2,1-2H3,(H,16,17). The summed E-state index contributed by atoms with van der Waals surface area (Å²) in [6.45, 7) is 3.38. The van der Waals surface area contributed by atoms with Crippen LogP contribution in [-0.2, 0) is 4.79 Å². The summed E-state index contributed by atoms with van der Waals surface area (Å²) < 4.78 is 5.49. The molecule has 1 aromatic rings. The van der Waals surface area contributed by atoms with Crippen LogP contribution < -0.4 is 4.74 Å². The summed E-state index contributed by atoms with van der Waals surface area (Å²) in [7, 11) is 0. The van der Waals surface area contributed by atoms with Gasteiger partial charge < -0.3 is 9.84 Å². The van der Waals surface area contributed by atoms with E-state index in [9.17, 15) is 14.7 Å². The number of carboxylic acid groups (broad SMARTS) is 1. The van der Waals surface area contributed by atoms with E-state index in [0.717, 1.165) is 0 Å². The molecule has 4 nitrogen and oxygen atoms in total. The van der Waals surface area contributed by atoms with Gasteiger partial charge in [-0.2, -0.15) is 0 Å². The number of halogens is 1. The Morgan fingerprint density at radius 1 is 1.56 bits per heavy atom. The molecule has 0 radical (unpaired) electrons. The lowest BCUT2D eigenvalue weighted by Gasteiger charge is -2.26. The van der Waals surface area contributed by atoms with Gasteiger partial charge in [0.05, 0.1) is 5.02 Å². The lowest BCUT2D eigenvalue weighted by Crippen LogP contribution is -2.41. The van der Waals surface area contributed by atoms with Crippen LogP contribution in [0.5, 0.6) is 5.75 Å². The van der Waals surface area contributed by atoms with Gasteiger partial charge >= 0.3 is 5.97 Å². The number of ether oxygens (including phenoxy) is 1. The smallest absolute Gasteiger partial charge is 0.347 e. The second-order valence-electron chi connectivity index (χ2n) is 4.20.